The Morgan fingerprint density at radius 1 is 1.46 bits per heavy atom. The Labute approximate surface area is 79.9 Å². The topological polar surface area (TPSA) is 46.6 Å². The number of hydrogen-bond acceptors (Lipinski definition) is 3. The molecule has 4 nitrogen and oxygen atoms in total. The molecular weight excluding hydrogens is 190 g/mol. The maximum Gasteiger partial charge on any atom is 0.216 e. The molecule has 0 aromatic rings. The second-order valence-corrected chi connectivity index (χ2v) is 5.73. The molecule has 0 N–H and O–H groups in total. The second kappa shape index (κ2) is 4.39. The number of nitrogens with zero attached hydrogens (tertiary/aromatic N) is 1. The molecule has 0 heterocycles. The van der Waals surface area contributed by atoms with Gasteiger partial charge in [0.05, 0.1) is 12.4 Å². The van der Waals surface area contributed by atoms with Crippen LogP contribution in [0.4, 0.5) is 0 Å². The van der Waals surface area contributed by atoms with Crippen molar-refractivity contribution >= 4 is 10.0 Å². The van der Waals surface area contributed by atoms with Crippen molar-refractivity contribution in [2.45, 2.75) is 12.8 Å². The molecule has 1 saturated carbocycles. The lowest BCUT2D eigenvalue weighted by atomic mass is 10.4. The third-order valence-electron chi connectivity index (χ3n) is 2.23. The number of methoxy groups -OCH3 is 1. The smallest absolute Gasteiger partial charge is 0.216 e. The molecule has 0 atom stereocenters. The Bertz CT molecular complexity index is 246. The fourth-order valence-electron chi connectivity index (χ4n) is 1.12. The van der Waals surface area contributed by atoms with Crippen LogP contribution in [0.15, 0.2) is 0 Å². The molecule has 0 aliphatic heterocycles. The molecular formula is C8H17NO3S. The molecule has 1 aliphatic carbocycles. The maximum absolute atomic E-state index is 11.5. The molecule has 5 heteroatoms. The number of rotatable bonds is 6. The van der Waals surface area contributed by atoms with Crippen LogP contribution in [0.25, 0.3) is 0 Å². The van der Waals surface area contributed by atoms with Crippen LogP contribution >= 0.6 is 0 Å². The van der Waals surface area contributed by atoms with E-state index in [0.29, 0.717) is 12.5 Å². The molecule has 0 saturated heterocycles. The monoisotopic (exact) mass is 207 g/mol. The summed E-state index contributed by atoms with van der Waals surface area (Å²) in [7, 11) is 0.0833. The molecule has 1 fully saturated rings. The summed E-state index contributed by atoms with van der Waals surface area (Å²) in [6.45, 7) is 0.948. The van der Waals surface area contributed by atoms with Gasteiger partial charge in [-0.3, -0.25) is 0 Å². The van der Waals surface area contributed by atoms with E-state index in [1.54, 1.807) is 7.05 Å². The van der Waals surface area contributed by atoms with Gasteiger partial charge in [0, 0.05) is 20.7 Å². The van der Waals surface area contributed by atoms with E-state index in [2.05, 4.69) is 0 Å². The Morgan fingerprint density at radius 2 is 2.08 bits per heavy atom. The van der Waals surface area contributed by atoms with E-state index in [1.165, 1.54) is 24.3 Å². The van der Waals surface area contributed by atoms with Crippen molar-refractivity contribution in [2.24, 2.45) is 5.92 Å². The van der Waals surface area contributed by atoms with Gasteiger partial charge in [0.1, 0.15) is 0 Å². The van der Waals surface area contributed by atoms with E-state index in [1.807, 2.05) is 0 Å². The van der Waals surface area contributed by atoms with Crippen molar-refractivity contribution in [3.05, 3.63) is 0 Å². The van der Waals surface area contributed by atoms with E-state index < -0.39 is 10.0 Å². The van der Waals surface area contributed by atoms with Gasteiger partial charge < -0.3 is 4.74 Å². The SMILES string of the molecule is COCCS(=O)(=O)N(C)CC1CC1. The van der Waals surface area contributed by atoms with Crippen LogP contribution in [-0.2, 0) is 14.8 Å². The molecule has 0 radical (unpaired) electrons. The maximum atomic E-state index is 11.5. The van der Waals surface area contributed by atoms with Crippen LogP contribution in [0.1, 0.15) is 12.8 Å². The summed E-state index contributed by atoms with van der Waals surface area (Å²) in [6.07, 6.45) is 2.34. The minimum atomic E-state index is -3.07. The van der Waals surface area contributed by atoms with E-state index >= 15 is 0 Å². The molecule has 0 amide bonds. The normalized spacial score (nSPS) is 18.1. The zero-order chi connectivity index (χ0) is 9.90. The molecule has 13 heavy (non-hydrogen) atoms. The third-order valence-corrected chi connectivity index (χ3v) is 4.01. The van der Waals surface area contributed by atoms with Crippen LogP contribution in [0.2, 0.25) is 0 Å². The van der Waals surface area contributed by atoms with Crippen LogP contribution in [0, 0.1) is 5.92 Å². The fourth-order valence-corrected chi connectivity index (χ4v) is 2.25. The van der Waals surface area contributed by atoms with Crippen molar-refractivity contribution < 1.29 is 13.2 Å². The highest BCUT2D eigenvalue weighted by Crippen LogP contribution is 2.29. The summed E-state index contributed by atoms with van der Waals surface area (Å²) in [5.41, 5.74) is 0. The summed E-state index contributed by atoms with van der Waals surface area (Å²) in [6, 6.07) is 0. The molecule has 0 bridgehead atoms. The zero-order valence-electron chi connectivity index (χ0n) is 8.19. The standard InChI is InChI=1S/C8H17NO3S/c1-9(7-8-3-4-8)13(10,11)6-5-12-2/h8H,3-7H2,1-2H3. The van der Waals surface area contributed by atoms with Gasteiger partial charge in [0.25, 0.3) is 0 Å². The van der Waals surface area contributed by atoms with E-state index in [4.69, 9.17) is 4.74 Å². The Kier molecular flexibility index (Phi) is 3.70. The van der Waals surface area contributed by atoms with E-state index in [0.717, 1.165) is 0 Å². The van der Waals surface area contributed by atoms with Gasteiger partial charge >= 0.3 is 0 Å². The highest BCUT2D eigenvalue weighted by molar-refractivity contribution is 7.89. The van der Waals surface area contributed by atoms with Crippen LogP contribution in [-0.4, -0.2) is 45.8 Å². The summed E-state index contributed by atoms with van der Waals surface area (Å²) in [4.78, 5) is 0. The van der Waals surface area contributed by atoms with Gasteiger partial charge in [-0.05, 0) is 18.8 Å². The summed E-state index contributed by atoms with van der Waals surface area (Å²) < 4.78 is 29.2. The lowest BCUT2D eigenvalue weighted by Crippen LogP contribution is -2.32. The summed E-state index contributed by atoms with van der Waals surface area (Å²) in [5.74, 6) is 0.689. The summed E-state index contributed by atoms with van der Waals surface area (Å²) >= 11 is 0. The van der Waals surface area contributed by atoms with Gasteiger partial charge in [0.15, 0.2) is 0 Å². The van der Waals surface area contributed by atoms with Crippen molar-refractivity contribution in [1.82, 2.24) is 4.31 Å². The quantitative estimate of drug-likeness (QED) is 0.629. The van der Waals surface area contributed by atoms with E-state index in [-0.39, 0.29) is 12.4 Å². The number of hydrogen-bond donors (Lipinski definition) is 0. The molecule has 78 valence electrons. The van der Waals surface area contributed by atoms with Crippen LogP contribution in [0.5, 0.6) is 0 Å². The molecule has 0 aromatic carbocycles. The fraction of sp³-hybridized carbons (Fsp3) is 1.00. The minimum absolute atomic E-state index is 0.0900. The predicted molar refractivity (Wildman–Crippen MR) is 51.0 cm³/mol. The first-order chi connectivity index (χ1) is 6.06. The molecule has 0 spiro atoms. The van der Waals surface area contributed by atoms with Crippen LogP contribution < -0.4 is 0 Å². The van der Waals surface area contributed by atoms with Crippen LogP contribution in [0.3, 0.4) is 0 Å². The molecule has 0 aromatic heterocycles. The molecule has 0 unspecified atom stereocenters. The highest BCUT2D eigenvalue weighted by atomic mass is 32.2. The van der Waals surface area contributed by atoms with Crippen molar-refractivity contribution in [2.75, 3.05) is 33.1 Å². The molecule has 1 rings (SSSR count). The van der Waals surface area contributed by atoms with Gasteiger partial charge in [-0.25, -0.2) is 12.7 Å². The lowest BCUT2D eigenvalue weighted by Gasteiger charge is -2.16. The highest BCUT2D eigenvalue weighted by Gasteiger charge is 2.27. The largest absolute Gasteiger partial charge is 0.384 e. The Morgan fingerprint density at radius 3 is 2.54 bits per heavy atom. The van der Waals surface area contributed by atoms with E-state index in [9.17, 15) is 8.42 Å². The lowest BCUT2D eigenvalue weighted by molar-refractivity contribution is 0.215. The van der Waals surface area contributed by atoms with Crippen molar-refractivity contribution in [3.63, 3.8) is 0 Å². The molecule has 1 aliphatic rings. The minimum Gasteiger partial charge on any atom is -0.384 e. The van der Waals surface area contributed by atoms with Crippen molar-refractivity contribution in [3.8, 4) is 0 Å². The number of sulfonamides is 1. The first-order valence-electron chi connectivity index (χ1n) is 4.49. The second-order valence-electron chi connectivity index (χ2n) is 3.53. The first kappa shape index (κ1) is 10.9. The summed E-state index contributed by atoms with van der Waals surface area (Å²) in [5, 5.41) is 0. The zero-order valence-corrected chi connectivity index (χ0v) is 9.01. The Balaban J connectivity index is 2.36. The predicted octanol–water partition coefficient (Wildman–Crippen LogP) is 0.304. The average Bonchev–Trinajstić information content (AvgIpc) is 2.84. The van der Waals surface area contributed by atoms with Gasteiger partial charge in [-0.2, -0.15) is 0 Å². The first-order valence-corrected chi connectivity index (χ1v) is 6.10. The number of ether oxygens (including phenoxy) is 1. The third kappa shape index (κ3) is 3.62. The average molecular weight is 207 g/mol. The van der Waals surface area contributed by atoms with Gasteiger partial charge in [-0.15, -0.1) is 0 Å². The van der Waals surface area contributed by atoms with Gasteiger partial charge in [0.2, 0.25) is 10.0 Å². The van der Waals surface area contributed by atoms with Crippen molar-refractivity contribution in [1.29, 1.82) is 0 Å². The van der Waals surface area contributed by atoms with Gasteiger partial charge in [-0.1, -0.05) is 0 Å². The Hall–Kier alpha value is -0.130.